The van der Waals surface area contributed by atoms with Crippen LogP contribution in [0.2, 0.25) is 0 Å². The van der Waals surface area contributed by atoms with Crippen LogP contribution in [0, 0.1) is 28.4 Å². The molecule has 19 heteroatoms. The maximum absolute atomic E-state index is 17.9. The SMILES string of the molecule is CC(C)(C)OC(=O)Nc1sc2c(F)cnc(-c3c4c(c5c(N6C7CCC6CN(C(=O)OC(C)(C)C)C7)nc(OCC6(CN7C[C@@H](F)[C@@H](F)C7)CC6)nc5c3F)COC4)c2c1C#N. The molecule has 0 radical (unpaired) electrons. The summed E-state index contributed by atoms with van der Waals surface area (Å²) in [5.74, 6) is -1.19. The van der Waals surface area contributed by atoms with Crippen molar-refractivity contribution in [2.75, 3.05) is 49.5 Å². The zero-order valence-electron chi connectivity index (χ0n) is 35.4. The van der Waals surface area contributed by atoms with E-state index in [9.17, 15) is 23.6 Å². The summed E-state index contributed by atoms with van der Waals surface area (Å²) >= 11 is 0.806. The number of benzene rings is 1. The van der Waals surface area contributed by atoms with Crippen LogP contribution >= 0.6 is 11.3 Å². The summed E-state index contributed by atoms with van der Waals surface area (Å²) in [6.45, 7) is 11.7. The number of carbonyl (C=O) groups is 2. The lowest BCUT2D eigenvalue weighted by Gasteiger charge is -2.42. The number of hydrogen-bond donors (Lipinski definition) is 1. The fraction of sp³-hybridized carbons (Fsp3) is 0.581. The Morgan fingerprint density at radius 2 is 1.63 bits per heavy atom. The van der Waals surface area contributed by atoms with Crippen molar-refractivity contribution in [3.05, 3.63) is 34.5 Å². The van der Waals surface area contributed by atoms with Crippen molar-refractivity contribution in [1.29, 1.82) is 5.26 Å². The van der Waals surface area contributed by atoms with E-state index in [2.05, 4.69) is 21.3 Å². The number of alkyl halides is 2. The molecule has 4 fully saturated rings. The van der Waals surface area contributed by atoms with Gasteiger partial charge in [-0.1, -0.05) is 0 Å². The number of rotatable bonds is 8. The number of likely N-dealkylation sites (tertiary alicyclic amines) is 2. The van der Waals surface area contributed by atoms with Crippen molar-refractivity contribution in [3.8, 4) is 23.3 Å². The Bertz CT molecular complexity index is 2510. The minimum atomic E-state index is -1.55. The molecule has 3 aromatic heterocycles. The molecule has 4 aromatic rings. The molecule has 1 saturated carbocycles. The topological polar surface area (TPSA) is 155 Å². The van der Waals surface area contributed by atoms with Crippen LogP contribution < -0.4 is 15.0 Å². The number of pyridine rings is 1. The van der Waals surface area contributed by atoms with Gasteiger partial charge in [0.15, 0.2) is 11.6 Å². The molecule has 1 N–H and O–H groups in total. The van der Waals surface area contributed by atoms with Gasteiger partial charge in [-0.2, -0.15) is 15.2 Å². The number of aromatic nitrogens is 3. The highest BCUT2D eigenvalue weighted by Crippen LogP contribution is 2.50. The van der Waals surface area contributed by atoms with Gasteiger partial charge in [0.1, 0.15) is 46.0 Å². The van der Waals surface area contributed by atoms with E-state index in [-0.39, 0.29) is 88.4 Å². The summed E-state index contributed by atoms with van der Waals surface area (Å²) in [4.78, 5) is 45.8. The van der Waals surface area contributed by atoms with Crippen LogP contribution in [0.4, 0.5) is 38.0 Å². The third-order valence-corrected chi connectivity index (χ3v) is 13.2. The van der Waals surface area contributed by atoms with E-state index in [0.717, 1.165) is 43.2 Å². The first-order chi connectivity index (χ1) is 29.3. The van der Waals surface area contributed by atoms with Crippen LogP contribution in [0.3, 0.4) is 0 Å². The summed E-state index contributed by atoms with van der Waals surface area (Å²) in [6.07, 6.45) is -0.451. The quantitative estimate of drug-likeness (QED) is 0.170. The summed E-state index contributed by atoms with van der Waals surface area (Å²) in [5, 5.41) is 13.4. The van der Waals surface area contributed by atoms with E-state index in [1.165, 1.54) is 0 Å². The molecule has 5 aliphatic rings. The number of amides is 2. The summed E-state index contributed by atoms with van der Waals surface area (Å²) in [5.41, 5.74) is -1.25. The average Bonchev–Trinajstić information content (AvgIpc) is 3.41. The predicted octanol–water partition coefficient (Wildman–Crippen LogP) is 8.17. The van der Waals surface area contributed by atoms with Gasteiger partial charge in [-0.3, -0.25) is 15.2 Å². The molecule has 7 heterocycles. The zero-order chi connectivity index (χ0) is 44.0. The Morgan fingerprint density at radius 3 is 2.26 bits per heavy atom. The van der Waals surface area contributed by atoms with Gasteiger partial charge in [0, 0.05) is 61.2 Å². The molecule has 0 spiro atoms. The van der Waals surface area contributed by atoms with Crippen LogP contribution in [0.15, 0.2) is 6.20 Å². The van der Waals surface area contributed by atoms with Crippen molar-refractivity contribution in [1.82, 2.24) is 24.8 Å². The van der Waals surface area contributed by atoms with Crippen molar-refractivity contribution < 1.29 is 46.1 Å². The molecular formula is C43H48F4N8O6S. The van der Waals surface area contributed by atoms with Crippen LogP contribution in [0.5, 0.6) is 6.01 Å². The minimum absolute atomic E-state index is 0.000345. The molecule has 4 aliphatic heterocycles. The number of anilines is 2. The lowest BCUT2D eigenvalue weighted by atomic mass is 9.93. The number of piperazine rings is 1. The predicted molar refractivity (Wildman–Crippen MR) is 222 cm³/mol. The molecule has 1 aliphatic carbocycles. The summed E-state index contributed by atoms with van der Waals surface area (Å²) in [7, 11) is 0. The lowest BCUT2D eigenvalue weighted by Crippen LogP contribution is -2.56. The van der Waals surface area contributed by atoms with E-state index in [0.29, 0.717) is 42.0 Å². The number of thiophene rings is 1. The Labute approximate surface area is 359 Å². The van der Waals surface area contributed by atoms with Gasteiger partial charge in [-0.05, 0) is 78.4 Å². The van der Waals surface area contributed by atoms with E-state index in [4.69, 9.17) is 28.9 Å². The fourth-order valence-electron chi connectivity index (χ4n) is 9.21. The van der Waals surface area contributed by atoms with Crippen molar-refractivity contribution >= 4 is 55.3 Å². The average molecular weight is 881 g/mol. The Morgan fingerprint density at radius 1 is 0.968 bits per heavy atom. The summed E-state index contributed by atoms with van der Waals surface area (Å²) in [6, 6.07) is 1.53. The smallest absolute Gasteiger partial charge is 0.412 e. The molecule has 2 amide bonds. The number of fused-ring (bicyclic) bond motifs is 6. The number of carbonyl (C=O) groups excluding carboxylic acids is 2. The third-order valence-electron chi connectivity index (χ3n) is 12.0. The van der Waals surface area contributed by atoms with E-state index < -0.39 is 52.8 Å². The molecule has 14 nitrogen and oxygen atoms in total. The lowest BCUT2D eigenvalue weighted by molar-refractivity contribution is 0.0209. The maximum atomic E-state index is 17.9. The first kappa shape index (κ1) is 42.3. The standard InChI is InChI=1S/C43H48F4N8O6S/c1-41(2,3)60-39(56)52-37-23(11-48)30-33(49-12-26(44)35(30)62-37)29-24-17-58-18-25(24)31-34(32(29)47)50-38(59-20-43(9-10-43)19-53-15-27(45)28(46)16-53)51-36(31)55-21-7-8-22(55)14-54(13-21)40(57)61-42(4,5)6/h12,21-22,27-28H,7-10,13-20H2,1-6H3,(H,52,56)/t21?,22?,27-,28+. The zero-order valence-corrected chi connectivity index (χ0v) is 36.2. The number of hydrogen-bond acceptors (Lipinski definition) is 13. The highest BCUT2D eigenvalue weighted by molar-refractivity contribution is 7.23. The third kappa shape index (κ3) is 7.82. The molecule has 1 aromatic carbocycles. The second-order valence-electron chi connectivity index (χ2n) is 19.1. The first-order valence-electron chi connectivity index (χ1n) is 20.9. The second-order valence-corrected chi connectivity index (χ2v) is 20.1. The van der Waals surface area contributed by atoms with Crippen LogP contribution in [-0.4, -0.2) is 112 Å². The highest BCUT2D eigenvalue weighted by atomic mass is 32.1. The Hall–Kier alpha value is -5.06. The van der Waals surface area contributed by atoms with Crippen molar-refractivity contribution in [3.63, 3.8) is 0 Å². The fourth-order valence-corrected chi connectivity index (χ4v) is 10.2. The number of nitrogens with zero attached hydrogens (tertiary/aromatic N) is 7. The van der Waals surface area contributed by atoms with E-state index in [1.807, 2.05) is 20.8 Å². The monoisotopic (exact) mass is 880 g/mol. The number of halogens is 4. The van der Waals surface area contributed by atoms with Gasteiger partial charge in [0.25, 0.3) is 0 Å². The molecule has 330 valence electrons. The van der Waals surface area contributed by atoms with Crippen molar-refractivity contribution in [2.24, 2.45) is 5.41 Å². The second kappa shape index (κ2) is 15.3. The summed E-state index contributed by atoms with van der Waals surface area (Å²) < 4.78 is 85.2. The largest absolute Gasteiger partial charge is 0.463 e. The molecule has 4 atom stereocenters. The molecule has 2 bridgehead atoms. The Kier molecular flexibility index (Phi) is 10.4. The van der Waals surface area contributed by atoms with Gasteiger partial charge in [-0.25, -0.2) is 27.2 Å². The molecule has 2 unspecified atom stereocenters. The van der Waals surface area contributed by atoms with Crippen LogP contribution in [0.25, 0.3) is 32.2 Å². The molecular weight excluding hydrogens is 833 g/mol. The number of nitriles is 1. The van der Waals surface area contributed by atoms with Crippen molar-refractivity contribution in [2.45, 2.75) is 116 Å². The molecule has 3 saturated heterocycles. The van der Waals surface area contributed by atoms with E-state index in [1.54, 1.807) is 30.6 Å². The number of nitrogens with one attached hydrogen (secondary N) is 1. The number of ether oxygens (including phenoxy) is 4. The van der Waals surface area contributed by atoms with Gasteiger partial charge < -0.3 is 28.7 Å². The normalized spacial score (nSPS) is 23.2. The minimum Gasteiger partial charge on any atom is -0.463 e. The van der Waals surface area contributed by atoms with E-state index >= 15 is 8.78 Å². The van der Waals surface area contributed by atoms with Gasteiger partial charge in [0.05, 0.1) is 47.4 Å². The van der Waals surface area contributed by atoms with Gasteiger partial charge >= 0.3 is 18.2 Å². The van der Waals surface area contributed by atoms with Gasteiger partial charge in [0.2, 0.25) is 0 Å². The Balaban J connectivity index is 1.16. The first-order valence-corrected chi connectivity index (χ1v) is 21.7. The maximum Gasteiger partial charge on any atom is 0.412 e. The van der Waals surface area contributed by atoms with Crippen LogP contribution in [0.1, 0.15) is 83.9 Å². The molecule has 9 rings (SSSR count). The molecule has 62 heavy (non-hydrogen) atoms. The van der Waals surface area contributed by atoms with Gasteiger partial charge in [-0.15, -0.1) is 11.3 Å². The van der Waals surface area contributed by atoms with Crippen LogP contribution in [-0.2, 0) is 27.4 Å². The highest BCUT2D eigenvalue weighted by Gasteiger charge is 2.48.